The van der Waals surface area contributed by atoms with Crippen LogP contribution in [0.2, 0.25) is 0 Å². The van der Waals surface area contributed by atoms with Crippen LogP contribution in [0.1, 0.15) is 91.3 Å². The highest BCUT2D eigenvalue weighted by Crippen LogP contribution is 2.47. The summed E-state index contributed by atoms with van der Waals surface area (Å²) in [5.74, 6) is -1.19. The maximum Gasteiger partial charge on any atom is 0.328 e. The van der Waals surface area contributed by atoms with Gasteiger partial charge < -0.3 is 25.2 Å². The van der Waals surface area contributed by atoms with E-state index in [0.717, 1.165) is 58.7 Å². The second-order valence-corrected chi connectivity index (χ2v) is 13.8. The third-order valence-corrected chi connectivity index (χ3v) is 10.6. The van der Waals surface area contributed by atoms with Crippen LogP contribution in [0.25, 0.3) is 28.2 Å². The first-order valence-electron chi connectivity index (χ1n) is 17.3. The van der Waals surface area contributed by atoms with Gasteiger partial charge >= 0.3 is 5.97 Å². The molecular weight excluding hydrogens is 616 g/mol. The third-order valence-electron chi connectivity index (χ3n) is 10.6. The zero-order valence-electron chi connectivity index (χ0n) is 28.1. The number of carbonyl (C=O) groups excluding carboxylic acids is 3. The number of hydrogen-bond acceptors (Lipinski definition) is 4. The molecule has 0 unspecified atom stereocenters. The molecular formula is C40H42N4O5. The lowest BCUT2D eigenvalue weighted by atomic mass is 9.75. The van der Waals surface area contributed by atoms with Gasteiger partial charge in [-0.3, -0.25) is 14.4 Å². The van der Waals surface area contributed by atoms with Crippen LogP contribution in [0, 0.1) is 6.92 Å². The van der Waals surface area contributed by atoms with Crippen molar-refractivity contribution < 1.29 is 24.3 Å². The summed E-state index contributed by atoms with van der Waals surface area (Å²) < 4.78 is 2.31. The fourth-order valence-corrected chi connectivity index (χ4v) is 7.88. The fraction of sp³-hybridized carbons (Fsp3) is 0.350. The van der Waals surface area contributed by atoms with Crippen molar-refractivity contribution in [3.8, 4) is 11.3 Å². The largest absolute Gasteiger partial charge is 0.478 e. The number of fused-ring (bicyclic) bond motifs is 5. The summed E-state index contributed by atoms with van der Waals surface area (Å²) in [6, 6.07) is 19.2. The van der Waals surface area contributed by atoms with Crippen molar-refractivity contribution in [1.82, 2.24) is 9.88 Å². The van der Waals surface area contributed by atoms with E-state index in [0.29, 0.717) is 48.7 Å². The van der Waals surface area contributed by atoms with Crippen LogP contribution in [0.4, 0.5) is 11.4 Å². The number of benzene rings is 3. The first-order chi connectivity index (χ1) is 23.6. The molecule has 7 rings (SSSR count). The first kappa shape index (κ1) is 32.4. The summed E-state index contributed by atoms with van der Waals surface area (Å²) in [6.45, 7) is 4.81. The monoisotopic (exact) mass is 658 g/mol. The normalized spacial score (nSPS) is 17.1. The molecule has 0 atom stereocenters. The van der Waals surface area contributed by atoms with Gasteiger partial charge in [-0.25, -0.2) is 4.79 Å². The zero-order chi connectivity index (χ0) is 34.3. The van der Waals surface area contributed by atoms with Crippen molar-refractivity contribution >= 4 is 52.0 Å². The van der Waals surface area contributed by atoms with E-state index < -0.39 is 11.5 Å². The van der Waals surface area contributed by atoms with Crippen molar-refractivity contribution in [2.75, 3.05) is 16.8 Å². The van der Waals surface area contributed by atoms with Crippen molar-refractivity contribution in [1.29, 1.82) is 0 Å². The van der Waals surface area contributed by atoms with Crippen LogP contribution in [-0.4, -0.2) is 45.4 Å². The Morgan fingerprint density at radius 1 is 0.898 bits per heavy atom. The maximum absolute atomic E-state index is 13.9. The average Bonchev–Trinajstić information content (AvgIpc) is 3.29. The smallest absolute Gasteiger partial charge is 0.328 e. The van der Waals surface area contributed by atoms with Crippen LogP contribution < -0.4 is 15.5 Å². The molecule has 4 aromatic rings. The van der Waals surface area contributed by atoms with Gasteiger partial charge in [0, 0.05) is 53.8 Å². The Morgan fingerprint density at radius 3 is 2.33 bits per heavy atom. The SMILES string of the molecule is CC(=O)N1CCn2c(c(C3CCCCC3)c3ccc(C(=O)NC4(C(=O)Nc5ccc(/C=C/C(=O)O)cc5)CCC4)cc32)-c2ccc(C)cc21. The molecule has 0 bridgehead atoms. The Morgan fingerprint density at radius 2 is 1.65 bits per heavy atom. The second kappa shape index (κ2) is 13.0. The van der Waals surface area contributed by atoms with Crippen molar-refractivity contribution in [2.45, 2.75) is 83.2 Å². The van der Waals surface area contributed by atoms with Crippen LogP contribution in [0.5, 0.6) is 0 Å². The molecule has 0 saturated heterocycles. The number of anilines is 2. The van der Waals surface area contributed by atoms with E-state index in [-0.39, 0.29) is 17.7 Å². The third kappa shape index (κ3) is 6.14. The van der Waals surface area contributed by atoms with Crippen LogP contribution >= 0.6 is 0 Å². The lowest BCUT2D eigenvalue weighted by Crippen LogP contribution is -2.61. The van der Waals surface area contributed by atoms with E-state index in [2.05, 4.69) is 46.4 Å². The Hall–Kier alpha value is -5.18. The van der Waals surface area contributed by atoms with Gasteiger partial charge in [-0.15, -0.1) is 0 Å². The van der Waals surface area contributed by atoms with E-state index in [1.807, 2.05) is 17.0 Å². The summed E-state index contributed by atoms with van der Waals surface area (Å²) in [7, 11) is 0. The number of carboxylic acids is 1. The summed E-state index contributed by atoms with van der Waals surface area (Å²) >= 11 is 0. The lowest BCUT2D eigenvalue weighted by molar-refractivity contribution is -0.131. The molecule has 49 heavy (non-hydrogen) atoms. The molecule has 0 radical (unpaired) electrons. The van der Waals surface area contributed by atoms with Crippen LogP contribution in [-0.2, 0) is 20.9 Å². The number of nitrogens with zero attached hydrogens (tertiary/aromatic N) is 2. The molecule has 9 nitrogen and oxygen atoms in total. The fourth-order valence-electron chi connectivity index (χ4n) is 7.88. The molecule has 252 valence electrons. The van der Waals surface area contributed by atoms with Gasteiger partial charge in [0.2, 0.25) is 11.8 Å². The summed E-state index contributed by atoms with van der Waals surface area (Å²) in [4.78, 5) is 53.1. The molecule has 2 saturated carbocycles. The highest BCUT2D eigenvalue weighted by Gasteiger charge is 2.45. The number of nitrogens with one attached hydrogen (secondary N) is 2. The van der Waals surface area contributed by atoms with E-state index >= 15 is 0 Å². The Labute approximate surface area is 286 Å². The van der Waals surface area contributed by atoms with Crippen LogP contribution in [0.3, 0.4) is 0 Å². The minimum atomic E-state index is -1.03. The van der Waals surface area contributed by atoms with Gasteiger partial charge in [-0.2, -0.15) is 0 Å². The summed E-state index contributed by atoms with van der Waals surface area (Å²) in [6.07, 6.45) is 10.3. The molecule has 2 aliphatic carbocycles. The molecule has 3 aromatic carbocycles. The van der Waals surface area contributed by atoms with E-state index in [1.54, 1.807) is 31.2 Å². The molecule has 2 fully saturated rings. The minimum Gasteiger partial charge on any atom is -0.478 e. The summed E-state index contributed by atoms with van der Waals surface area (Å²) in [5.41, 5.74) is 7.28. The molecule has 3 amide bonds. The molecule has 3 aliphatic rings. The number of rotatable bonds is 7. The Bertz CT molecular complexity index is 2000. The number of aliphatic carboxylic acids is 1. The number of aryl methyl sites for hydroxylation is 1. The topological polar surface area (TPSA) is 121 Å². The van der Waals surface area contributed by atoms with Gasteiger partial charge in [-0.05, 0) is 98.0 Å². The quantitative estimate of drug-likeness (QED) is 0.179. The first-order valence-corrected chi connectivity index (χ1v) is 17.3. The molecule has 2 heterocycles. The van der Waals surface area contributed by atoms with Gasteiger partial charge in [0.05, 0.1) is 11.4 Å². The Kier molecular flexibility index (Phi) is 8.61. The van der Waals surface area contributed by atoms with Crippen molar-refractivity contribution in [2.24, 2.45) is 0 Å². The molecule has 1 aromatic heterocycles. The zero-order valence-corrected chi connectivity index (χ0v) is 28.1. The molecule has 0 spiro atoms. The van der Waals surface area contributed by atoms with Crippen molar-refractivity contribution in [3.63, 3.8) is 0 Å². The maximum atomic E-state index is 13.9. The predicted octanol–water partition coefficient (Wildman–Crippen LogP) is 7.42. The number of aromatic nitrogens is 1. The standard InChI is InChI=1S/C40H42N4O5/c1-25-9-16-32-33(23-25)43(26(2)45)21-22-44-34-24-29(13-17-31(34)36(37(32)44)28-7-4-3-5-8-28)38(48)42-40(19-6-20-40)39(49)41-30-14-10-27(11-15-30)12-18-35(46)47/h9-18,23-24,28H,3-8,19-22H2,1-2H3,(H,41,49)(H,42,48)(H,46,47)/b18-12+. The number of carboxylic acid groups (broad SMARTS) is 1. The van der Waals surface area contributed by atoms with Gasteiger partial charge in [0.25, 0.3) is 5.91 Å². The van der Waals surface area contributed by atoms with Gasteiger partial charge in [-0.1, -0.05) is 49.6 Å². The number of carbonyl (C=O) groups is 4. The second-order valence-electron chi connectivity index (χ2n) is 13.8. The van der Waals surface area contributed by atoms with Gasteiger partial charge in [0.15, 0.2) is 0 Å². The predicted molar refractivity (Wildman–Crippen MR) is 192 cm³/mol. The molecule has 9 heteroatoms. The highest BCUT2D eigenvalue weighted by molar-refractivity contribution is 6.07. The van der Waals surface area contributed by atoms with E-state index in [9.17, 15) is 19.2 Å². The summed E-state index contributed by atoms with van der Waals surface area (Å²) in [5, 5.41) is 16.1. The van der Waals surface area contributed by atoms with Crippen LogP contribution in [0.15, 0.2) is 66.7 Å². The van der Waals surface area contributed by atoms with E-state index in [1.165, 1.54) is 30.9 Å². The lowest BCUT2D eigenvalue weighted by Gasteiger charge is -2.40. The Balaban J connectivity index is 1.22. The average molecular weight is 659 g/mol. The molecule has 1 aliphatic heterocycles. The number of hydrogen-bond donors (Lipinski definition) is 3. The van der Waals surface area contributed by atoms with Crippen molar-refractivity contribution in [3.05, 3.63) is 89.0 Å². The minimum absolute atomic E-state index is 0.0104. The molecule has 3 N–H and O–H groups in total. The van der Waals surface area contributed by atoms with Gasteiger partial charge in [0.1, 0.15) is 5.54 Å². The number of amides is 3. The highest BCUT2D eigenvalue weighted by atomic mass is 16.4. The van der Waals surface area contributed by atoms with E-state index in [4.69, 9.17) is 5.11 Å².